The van der Waals surface area contributed by atoms with Crippen molar-refractivity contribution >= 4 is 40.4 Å². The molecule has 1 unspecified atom stereocenters. The van der Waals surface area contributed by atoms with Gasteiger partial charge in [0.05, 0.1) is 12.3 Å². The first-order valence-electron chi connectivity index (χ1n) is 10.3. The molecule has 3 aromatic carbocycles. The number of nitrogens with one attached hydrogen (secondary N) is 2. The smallest absolute Gasteiger partial charge is 0.289 e. The lowest BCUT2D eigenvalue weighted by molar-refractivity contribution is -0.125. The van der Waals surface area contributed by atoms with Gasteiger partial charge in [0.15, 0.2) is 0 Å². The molecule has 1 atom stereocenters. The molecule has 7 nitrogen and oxygen atoms in total. The van der Waals surface area contributed by atoms with Crippen molar-refractivity contribution in [3.8, 4) is 0 Å². The van der Waals surface area contributed by atoms with E-state index >= 15 is 0 Å². The van der Waals surface area contributed by atoms with Crippen LogP contribution >= 0.6 is 11.8 Å². The lowest BCUT2D eigenvalue weighted by atomic mass is 10.0. The van der Waals surface area contributed by atoms with Crippen molar-refractivity contribution in [3.63, 3.8) is 0 Å². The van der Waals surface area contributed by atoms with Gasteiger partial charge in [-0.3, -0.25) is 24.1 Å². The maximum absolute atomic E-state index is 13.1. The maximum atomic E-state index is 13.1. The molecule has 0 radical (unpaired) electrons. The molecule has 1 saturated heterocycles. The van der Waals surface area contributed by atoms with E-state index in [0.29, 0.717) is 16.8 Å². The van der Waals surface area contributed by atoms with Gasteiger partial charge in [0, 0.05) is 11.3 Å². The molecule has 4 amide bonds. The van der Waals surface area contributed by atoms with Gasteiger partial charge in [-0.15, -0.1) is 0 Å². The third kappa shape index (κ3) is 5.48. The van der Waals surface area contributed by atoms with E-state index in [0.717, 1.165) is 17.3 Å². The van der Waals surface area contributed by atoms with E-state index in [2.05, 4.69) is 10.6 Å². The van der Waals surface area contributed by atoms with E-state index in [-0.39, 0.29) is 35.3 Å². The standard InChI is InChI=1S/C25H21N3O4S/c29-21-16-33-25(32)28(21)15-17-11-13-20(14-12-17)26-24(31)22(18-7-3-1-4-8-18)27-23(30)19-9-5-2-6-10-19/h1-14,22H,15-16H2,(H,26,31)(H,27,30). The number of imide groups is 1. The number of anilines is 1. The topological polar surface area (TPSA) is 95.6 Å². The minimum atomic E-state index is -0.893. The van der Waals surface area contributed by atoms with Gasteiger partial charge in [0.1, 0.15) is 6.04 Å². The molecule has 1 heterocycles. The molecule has 0 bridgehead atoms. The fraction of sp³-hybridized carbons (Fsp3) is 0.120. The monoisotopic (exact) mass is 459 g/mol. The molecule has 0 spiro atoms. The zero-order chi connectivity index (χ0) is 23.2. The molecule has 1 fully saturated rings. The van der Waals surface area contributed by atoms with Crippen LogP contribution in [0, 0.1) is 0 Å². The number of thioether (sulfide) groups is 1. The van der Waals surface area contributed by atoms with E-state index in [1.165, 1.54) is 4.90 Å². The molecule has 8 heteroatoms. The summed E-state index contributed by atoms with van der Waals surface area (Å²) >= 11 is 0.994. The van der Waals surface area contributed by atoms with Gasteiger partial charge >= 0.3 is 0 Å². The number of carbonyl (C=O) groups is 4. The zero-order valence-corrected chi connectivity index (χ0v) is 18.4. The Kier molecular flexibility index (Phi) is 6.85. The SMILES string of the molecule is O=C(NC(C(=O)Nc1ccc(CN2C(=O)CSC2=O)cc1)c1ccccc1)c1ccccc1. The van der Waals surface area contributed by atoms with Crippen LogP contribution in [0.4, 0.5) is 10.5 Å². The van der Waals surface area contributed by atoms with Crippen molar-refractivity contribution in [3.05, 3.63) is 102 Å². The number of nitrogens with zero attached hydrogens (tertiary/aromatic N) is 1. The Morgan fingerprint density at radius 1 is 0.879 bits per heavy atom. The summed E-state index contributed by atoms with van der Waals surface area (Å²) in [6.07, 6.45) is 0. The summed E-state index contributed by atoms with van der Waals surface area (Å²) in [4.78, 5) is 50.6. The molecule has 2 N–H and O–H groups in total. The lowest BCUT2D eigenvalue weighted by Gasteiger charge is -2.19. The Hall–Kier alpha value is -3.91. The Morgan fingerprint density at radius 3 is 2.12 bits per heavy atom. The molecule has 1 aliphatic rings. The van der Waals surface area contributed by atoms with Crippen LogP contribution in [-0.2, 0) is 16.1 Å². The van der Waals surface area contributed by atoms with Gasteiger partial charge in [-0.1, -0.05) is 72.4 Å². The van der Waals surface area contributed by atoms with Gasteiger partial charge < -0.3 is 10.6 Å². The second-order valence-electron chi connectivity index (χ2n) is 7.40. The number of amides is 4. The molecular weight excluding hydrogens is 438 g/mol. The van der Waals surface area contributed by atoms with Gasteiger partial charge in [0.25, 0.3) is 17.1 Å². The Morgan fingerprint density at radius 2 is 1.52 bits per heavy atom. The van der Waals surface area contributed by atoms with E-state index in [1.54, 1.807) is 72.8 Å². The first-order valence-corrected chi connectivity index (χ1v) is 11.3. The highest BCUT2D eigenvalue weighted by Gasteiger charge is 2.29. The summed E-state index contributed by atoms with van der Waals surface area (Å²) in [6, 6.07) is 23.7. The molecule has 0 saturated carbocycles. The van der Waals surface area contributed by atoms with Gasteiger partial charge in [-0.2, -0.15) is 0 Å². The predicted octanol–water partition coefficient (Wildman–Crippen LogP) is 3.99. The van der Waals surface area contributed by atoms with Crippen molar-refractivity contribution in [2.75, 3.05) is 11.1 Å². The number of rotatable bonds is 7. The van der Waals surface area contributed by atoms with Crippen molar-refractivity contribution < 1.29 is 19.2 Å². The van der Waals surface area contributed by atoms with Crippen LogP contribution in [0.2, 0.25) is 0 Å². The highest BCUT2D eigenvalue weighted by molar-refractivity contribution is 8.14. The zero-order valence-electron chi connectivity index (χ0n) is 17.6. The molecule has 166 valence electrons. The first kappa shape index (κ1) is 22.3. The highest BCUT2D eigenvalue weighted by Crippen LogP contribution is 2.22. The summed E-state index contributed by atoms with van der Waals surface area (Å²) in [6.45, 7) is 0.193. The van der Waals surface area contributed by atoms with E-state index in [4.69, 9.17) is 0 Å². The van der Waals surface area contributed by atoms with E-state index < -0.39 is 6.04 Å². The molecule has 3 aromatic rings. The van der Waals surface area contributed by atoms with Crippen molar-refractivity contribution in [2.24, 2.45) is 0 Å². The predicted molar refractivity (Wildman–Crippen MR) is 127 cm³/mol. The van der Waals surface area contributed by atoms with Crippen molar-refractivity contribution in [2.45, 2.75) is 12.6 Å². The summed E-state index contributed by atoms with van der Waals surface area (Å²) in [7, 11) is 0. The largest absolute Gasteiger partial charge is 0.336 e. The number of hydrogen-bond donors (Lipinski definition) is 2. The Bertz CT molecular complexity index is 1150. The number of carbonyl (C=O) groups excluding carboxylic acids is 4. The number of hydrogen-bond acceptors (Lipinski definition) is 5. The third-order valence-corrected chi connectivity index (χ3v) is 5.97. The van der Waals surface area contributed by atoms with Crippen molar-refractivity contribution in [1.29, 1.82) is 0 Å². The number of benzene rings is 3. The molecular formula is C25H21N3O4S. The lowest BCUT2D eigenvalue weighted by Crippen LogP contribution is -2.37. The summed E-state index contributed by atoms with van der Waals surface area (Å²) in [5.41, 5.74) is 2.42. The second kappa shape index (κ2) is 10.1. The highest BCUT2D eigenvalue weighted by atomic mass is 32.2. The third-order valence-electron chi connectivity index (χ3n) is 5.11. The fourth-order valence-electron chi connectivity index (χ4n) is 3.37. The van der Waals surface area contributed by atoms with Crippen LogP contribution in [0.3, 0.4) is 0 Å². The Balaban J connectivity index is 1.47. The van der Waals surface area contributed by atoms with Crippen LogP contribution in [0.25, 0.3) is 0 Å². The minimum absolute atomic E-state index is 0.169. The second-order valence-corrected chi connectivity index (χ2v) is 8.33. The van der Waals surface area contributed by atoms with E-state index in [1.807, 2.05) is 12.1 Å². The molecule has 0 aromatic heterocycles. The minimum Gasteiger partial charge on any atom is -0.336 e. The fourth-order valence-corrected chi connectivity index (χ4v) is 4.10. The van der Waals surface area contributed by atoms with Crippen LogP contribution in [0.1, 0.15) is 27.5 Å². The molecule has 0 aliphatic carbocycles. The van der Waals surface area contributed by atoms with Crippen LogP contribution in [0.15, 0.2) is 84.9 Å². The average molecular weight is 460 g/mol. The van der Waals surface area contributed by atoms with Gasteiger partial charge in [0.2, 0.25) is 5.91 Å². The summed E-state index contributed by atoms with van der Waals surface area (Å²) in [5.74, 6) is -0.780. The summed E-state index contributed by atoms with van der Waals surface area (Å²) < 4.78 is 0. The van der Waals surface area contributed by atoms with E-state index in [9.17, 15) is 19.2 Å². The van der Waals surface area contributed by atoms with Crippen LogP contribution < -0.4 is 10.6 Å². The van der Waals surface area contributed by atoms with Gasteiger partial charge in [-0.05, 0) is 35.4 Å². The Labute approximate surface area is 195 Å². The normalized spacial score (nSPS) is 14.1. The first-order chi connectivity index (χ1) is 16.0. The van der Waals surface area contributed by atoms with Gasteiger partial charge in [-0.25, -0.2) is 0 Å². The average Bonchev–Trinajstić information content (AvgIpc) is 3.16. The van der Waals surface area contributed by atoms with Crippen LogP contribution in [-0.4, -0.2) is 33.6 Å². The molecule has 4 rings (SSSR count). The molecule has 1 aliphatic heterocycles. The quantitative estimate of drug-likeness (QED) is 0.557. The molecule has 33 heavy (non-hydrogen) atoms. The maximum Gasteiger partial charge on any atom is 0.289 e. The van der Waals surface area contributed by atoms with Crippen molar-refractivity contribution in [1.82, 2.24) is 10.2 Å². The van der Waals surface area contributed by atoms with Crippen LogP contribution in [0.5, 0.6) is 0 Å². The summed E-state index contributed by atoms with van der Waals surface area (Å²) in [5, 5.41) is 5.38.